The molecule has 1 aromatic heterocycles. The molecule has 1 aromatic rings. The lowest BCUT2D eigenvalue weighted by atomic mass is 9.81. The molecule has 76 valence electrons. The van der Waals surface area contributed by atoms with E-state index in [9.17, 15) is 0 Å². The predicted octanol–water partition coefficient (Wildman–Crippen LogP) is 3.08. The van der Waals surface area contributed by atoms with Gasteiger partial charge in [0, 0.05) is 5.92 Å². The second kappa shape index (κ2) is 4.07. The Morgan fingerprint density at radius 2 is 1.79 bits per heavy atom. The summed E-state index contributed by atoms with van der Waals surface area (Å²) in [7, 11) is 0. The van der Waals surface area contributed by atoms with Crippen molar-refractivity contribution in [1.29, 1.82) is 0 Å². The van der Waals surface area contributed by atoms with Crippen LogP contribution in [0.2, 0.25) is 0 Å². The summed E-state index contributed by atoms with van der Waals surface area (Å²) < 4.78 is 0. The lowest BCUT2D eigenvalue weighted by Crippen LogP contribution is -2.12. The Morgan fingerprint density at radius 3 is 2.36 bits per heavy atom. The van der Waals surface area contributed by atoms with Gasteiger partial charge >= 0.3 is 0 Å². The van der Waals surface area contributed by atoms with Crippen molar-refractivity contribution in [3.05, 3.63) is 23.5 Å². The number of hydrogen-bond acceptors (Lipinski definition) is 2. The van der Waals surface area contributed by atoms with E-state index in [-0.39, 0.29) is 0 Å². The molecule has 0 atom stereocenters. The highest BCUT2D eigenvalue weighted by molar-refractivity contribution is 5.10. The van der Waals surface area contributed by atoms with E-state index in [0.717, 1.165) is 11.6 Å². The van der Waals surface area contributed by atoms with Crippen molar-refractivity contribution in [3.63, 3.8) is 0 Å². The Hall–Kier alpha value is -0.920. The standard InChI is InChI=1S/C12H18N2/c1-9-3-6-11(7-4-9)12-8-5-10(2)13-14-12/h5,8-9,11H,3-4,6-7H2,1-2H3. The molecule has 1 aliphatic carbocycles. The third kappa shape index (κ3) is 2.11. The summed E-state index contributed by atoms with van der Waals surface area (Å²) in [6.45, 7) is 4.33. The number of aryl methyl sites for hydroxylation is 1. The van der Waals surface area contributed by atoms with E-state index >= 15 is 0 Å². The van der Waals surface area contributed by atoms with Gasteiger partial charge < -0.3 is 0 Å². The summed E-state index contributed by atoms with van der Waals surface area (Å²) in [5, 5.41) is 8.40. The van der Waals surface area contributed by atoms with Crippen LogP contribution in [-0.4, -0.2) is 10.2 Å². The molecule has 0 radical (unpaired) electrons. The van der Waals surface area contributed by atoms with Gasteiger partial charge in [-0.15, -0.1) is 0 Å². The Morgan fingerprint density at radius 1 is 1.07 bits per heavy atom. The first-order valence-electron chi connectivity index (χ1n) is 5.56. The molecular weight excluding hydrogens is 172 g/mol. The number of aromatic nitrogens is 2. The second-order valence-corrected chi connectivity index (χ2v) is 4.56. The van der Waals surface area contributed by atoms with Crippen LogP contribution in [0.3, 0.4) is 0 Å². The second-order valence-electron chi connectivity index (χ2n) is 4.56. The molecule has 0 N–H and O–H groups in total. The zero-order chi connectivity index (χ0) is 9.97. The van der Waals surface area contributed by atoms with E-state index in [2.05, 4.69) is 29.3 Å². The fourth-order valence-electron chi connectivity index (χ4n) is 2.18. The van der Waals surface area contributed by atoms with Gasteiger partial charge in [-0.2, -0.15) is 10.2 Å². The van der Waals surface area contributed by atoms with Gasteiger partial charge in [-0.05, 0) is 37.8 Å². The van der Waals surface area contributed by atoms with Crippen molar-refractivity contribution < 1.29 is 0 Å². The average molecular weight is 190 g/mol. The smallest absolute Gasteiger partial charge is 0.0662 e. The fraction of sp³-hybridized carbons (Fsp3) is 0.667. The summed E-state index contributed by atoms with van der Waals surface area (Å²) in [6, 6.07) is 4.21. The van der Waals surface area contributed by atoms with Gasteiger partial charge in [-0.25, -0.2) is 0 Å². The molecule has 2 rings (SSSR count). The third-order valence-corrected chi connectivity index (χ3v) is 3.25. The summed E-state index contributed by atoms with van der Waals surface area (Å²) in [5.41, 5.74) is 2.21. The van der Waals surface area contributed by atoms with E-state index in [1.165, 1.54) is 31.4 Å². The molecule has 0 aliphatic heterocycles. The van der Waals surface area contributed by atoms with Gasteiger partial charge in [0.05, 0.1) is 11.4 Å². The fourth-order valence-corrected chi connectivity index (χ4v) is 2.18. The third-order valence-electron chi connectivity index (χ3n) is 3.25. The molecule has 1 fully saturated rings. The largest absolute Gasteiger partial charge is 0.156 e. The molecule has 0 aromatic carbocycles. The molecule has 0 unspecified atom stereocenters. The molecule has 0 amide bonds. The van der Waals surface area contributed by atoms with E-state index in [1.54, 1.807) is 0 Å². The molecule has 2 heteroatoms. The topological polar surface area (TPSA) is 25.8 Å². The van der Waals surface area contributed by atoms with E-state index < -0.39 is 0 Å². The highest BCUT2D eigenvalue weighted by Gasteiger charge is 2.20. The van der Waals surface area contributed by atoms with Crippen LogP contribution in [0.25, 0.3) is 0 Å². The van der Waals surface area contributed by atoms with Gasteiger partial charge in [0.25, 0.3) is 0 Å². The maximum absolute atomic E-state index is 4.28. The van der Waals surface area contributed by atoms with Crippen LogP contribution in [0, 0.1) is 12.8 Å². The Bertz CT molecular complexity index is 284. The Kier molecular flexibility index (Phi) is 2.80. The first-order chi connectivity index (χ1) is 6.75. The average Bonchev–Trinajstić information content (AvgIpc) is 2.21. The summed E-state index contributed by atoms with van der Waals surface area (Å²) in [6.07, 6.45) is 5.28. The van der Waals surface area contributed by atoms with E-state index in [0.29, 0.717) is 5.92 Å². The van der Waals surface area contributed by atoms with Crippen LogP contribution >= 0.6 is 0 Å². The molecule has 0 spiro atoms. The van der Waals surface area contributed by atoms with E-state index in [1.807, 2.05) is 6.92 Å². The normalized spacial score (nSPS) is 27.6. The minimum atomic E-state index is 0.666. The van der Waals surface area contributed by atoms with Gasteiger partial charge in [0.2, 0.25) is 0 Å². The van der Waals surface area contributed by atoms with Crippen molar-refractivity contribution in [1.82, 2.24) is 10.2 Å². The van der Waals surface area contributed by atoms with Gasteiger partial charge in [0.15, 0.2) is 0 Å². The zero-order valence-corrected chi connectivity index (χ0v) is 9.03. The number of rotatable bonds is 1. The Labute approximate surface area is 85.8 Å². The molecule has 0 saturated heterocycles. The SMILES string of the molecule is Cc1ccc(C2CCC(C)CC2)nn1. The molecule has 1 saturated carbocycles. The van der Waals surface area contributed by atoms with Crippen LogP contribution in [-0.2, 0) is 0 Å². The first-order valence-corrected chi connectivity index (χ1v) is 5.56. The highest BCUT2D eigenvalue weighted by Crippen LogP contribution is 2.34. The molecule has 1 heterocycles. The van der Waals surface area contributed by atoms with Gasteiger partial charge in [-0.1, -0.05) is 19.8 Å². The van der Waals surface area contributed by atoms with Crippen LogP contribution in [0.4, 0.5) is 0 Å². The van der Waals surface area contributed by atoms with Crippen LogP contribution in [0.5, 0.6) is 0 Å². The van der Waals surface area contributed by atoms with Crippen LogP contribution in [0.15, 0.2) is 12.1 Å². The monoisotopic (exact) mass is 190 g/mol. The molecule has 2 nitrogen and oxygen atoms in total. The van der Waals surface area contributed by atoms with Crippen molar-refractivity contribution in [2.75, 3.05) is 0 Å². The molecule has 0 bridgehead atoms. The maximum Gasteiger partial charge on any atom is 0.0662 e. The van der Waals surface area contributed by atoms with E-state index in [4.69, 9.17) is 0 Å². The lowest BCUT2D eigenvalue weighted by Gasteiger charge is -2.25. The maximum atomic E-state index is 4.28. The quantitative estimate of drug-likeness (QED) is 0.680. The number of nitrogens with zero attached hydrogens (tertiary/aromatic N) is 2. The van der Waals surface area contributed by atoms with Crippen LogP contribution < -0.4 is 0 Å². The molecular formula is C12H18N2. The van der Waals surface area contributed by atoms with Crippen molar-refractivity contribution >= 4 is 0 Å². The lowest BCUT2D eigenvalue weighted by molar-refractivity contribution is 0.342. The van der Waals surface area contributed by atoms with Gasteiger partial charge in [-0.3, -0.25) is 0 Å². The molecule has 14 heavy (non-hydrogen) atoms. The van der Waals surface area contributed by atoms with Crippen molar-refractivity contribution in [3.8, 4) is 0 Å². The Balaban J connectivity index is 2.05. The first kappa shape index (κ1) is 9.63. The minimum Gasteiger partial charge on any atom is -0.156 e. The predicted molar refractivity (Wildman–Crippen MR) is 57.1 cm³/mol. The molecule has 1 aliphatic rings. The summed E-state index contributed by atoms with van der Waals surface area (Å²) in [5.74, 6) is 1.57. The highest BCUT2D eigenvalue weighted by atomic mass is 15.1. The van der Waals surface area contributed by atoms with Crippen LogP contribution in [0.1, 0.15) is 49.9 Å². The van der Waals surface area contributed by atoms with Crippen molar-refractivity contribution in [2.24, 2.45) is 5.92 Å². The minimum absolute atomic E-state index is 0.666. The van der Waals surface area contributed by atoms with Crippen molar-refractivity contribution in [2.45, 2.75) is 45.4 Å². The van der Waals surface area contributed by atoms with Gasteiger partial charge in [0.1, 0.15) is 0 Å². The summed E-state index contributed by atoms with van der Waals surface area (Å²) >= 11 is 0. The summed E-state index contributed by atoms with van der Waals surface area (Å²) in [4.78, 5) is 0. The zero-order valence-electron chi connectivity index (χ0n) is 9.03. The number of hydrogen-bond donors (Lipinski definition) is 0.